The first kappa shape index (κ1) is 11.4. The Labute approximate surface area is 99.4 Å². The minimum Gasteiger partial charge on any atom is -0.248 e. The third-order valence-electron chi connectivity index (χ3n) is 2.90. The first-order valence-electron chi connectivity index (χ1n) is 4.74. The molecule has 0 aromatic carbocycles. The Hall–Kier alpha value is -1.12. The quantitative estimate of drug-likeness (QED) is 0.602. The Morgan fingerprint density at radius 1 is 1.62 bits per heavy atom. The van der Waals surface area contributed by atoms with E-state index in [1.54, 1.807) is 24.5 Å². The van der Waals surface area contributed by atoms with Crippen molar-refractivity contribution in [2.24, 2.45) is 4.36 Å². The molecule has 0 N–H and O–H groups in total. The minimum absolute atomic E-state index is 0.402. The molecule has 84 valence electrons. The number of rotatable bonds is 2. The van der Waals surface area contributed by atoms with Crippen LogP contribution in [-0.4, -0.2) is 15.4 Å². The van der Waals surface area contributed by atoms with Crippen molar-refractivity contribution in [3.05, 3.63) is 29.0 Å². The molecule has 1 unspecified atom stereocenters. The molecule has 1 aromatic heterocycles. The first-order valence-corrected chi connectivity index (χ1v) is 7.04. The van der Waals surface area contributed by atoms with Crippen LogP contribution in [0.1, 0.15) is 18.4 Å². The number of nitriles is 1. The van der Waals surface area contributed by atoms with Gasteiger partial charge in [0.1, 0.15) is 5.15 Å². The van der Waals surface area contributed by atoms with Crippen molar-refractivity contribution in [3.8, 4) is 6.19 Å². The Balaban J connectivity index is 2.50. The standard InChI is InChI=1S/C10H10ClN3OS/c1-16(15,14-7-12)10(4-5-10)8-2-3-9(11)13-6-8/h2-3,6H,4-5H2,1H3. The lowest BCUT2D eigenvalue weighted by Gasteiger charge is -2.15. The van der Waals surface area contributed by atoms with Crippen molar-refractivity contribution in [3.63, 3.8) is 0 Å². The number of aromatic nitrogens is 1. The van der Waals surface area contributed by atoms with Gasteiger partial charge in [0.05, 0.1) is 14.5 Å². The summed E-state index contributed by atoms with van der Waals surface area (Å²) in [5, 5.41) is 8.95. The maximum absolute atomic E-state index is 12.3. The fraction of sp³-hybridized carbons (Fsp3) is 0.400. The smallest absolute Gasteiger partial charge is 0.214 e. The lowest BCUT2D eigenvalue weighted by molar-refractivity contribution is 0.668. The van der Waals surface area contributed by atoms with Gasteiger partial charge in [0.2, 0.25) is 6.19 Å². The molecule has 0 saturated heterocycles. The Kier molecular flexibility index (Phi) is 2.64. The average Bonchev–Trinajstić information content (AvgIpc) is 3.00. The van der Waals surface area contributed by atoms with Gasteiger partial charge in [-0.15, -0.1) is 4.36 Å². The van der Waals surface area contributed by atoms with Crippen molar-refractivity contribution in [1.82, 2.24) is 4.98 Å². The summed E-state index contributed by atoms with van der Waals surface area (Å²) in [6, 6.07) is 3.47. The molecule has 1 heterocycles. The molecule has 1 aromatic rings. The summed E-state index contributed by atoms with van der Waals surface area (Å²) in [5.41, 5.74) is 0.850. The van der Waals surface area contributed by atoms with Gasteiger partial charge in [-0.1, -0.05) is 17.7 Å². The van der Waals surface area contributed by atoms with Crippen LogP contribution < -0.4 is 0 Å². The molecule has 0 amide bonds. The number of nitrogens with zero attached hydrogens (tertiary/aromatic N) is 3. The van der Waals surface area contributed by atoms with Gasteiger partial charge < -0.3 is 0 Å². The molecular formula is C10H10ClN3OS. The molecule has 2 rings (SSSR count). The summed E-state index contributed by atoms with van der Waals surface area (Å²) >= 11 is 5.70. The molecule has 1 atom stereocenters. The van der Waals surface area contributed by atoms with Crippen LogP contribution in [-0.2, 0) is 14.5 Å². The van der Waals surface area contributed by atoms with Crippen LogP contribution in [0.3, 0.4) is 0 Å². The largest absolute Gasteiger partial charge is 0.248 e. The van der Waals surface area contributed by atoms with Crippen LogP contribution in [0, 0.1) is 11.5 Å². The zero-order valence-corrected chi connectivity index (χ0v) is 10.3. The molecule has 16 heavy (non-hydrogen) atoms. The van der Waals surface area contributed by atoms with E-state index in [-0.39, 0.29) is 0 Å². The lowest BCUT2D eigenvalue weighted by Crippen LogP contribution is -2.19. The normalized spacial score (nSPS) is 20.6. The summed E-state index contributed by atoms with van der Waals surface area (Å²) in [6.07, 6.45) is 6.33. The number of hydrogen-bond acceptors (Lipinski definition) is 4. The van der Waals surface area contributed by atoms with Gasteiger partial charge in [-0.05, 0) is 24.5 Å². The summed E-state index contributed by atoms with van der Waals surface area (Å²) in [5.74, 6) is 0. The molecule has 1 fully saturated rings. The fourth-order valence-electron chi connectivity index (χ4n) is 1.81. The average molecular weight is 256 g/mol. The van der Waals surface area contributed by atoms with Crippen LogP contribution in [0.4, 0.5) is 0 Å². The molecule has 0 radical (unpaired) electrons. The molecule has 6 heteroatoms. The predicted molar refractivity (Wildman–Crippen MR) is 62.3 cm³/mol. The van der Waals surface area contributed by atoms with E-state index in [1.165, 1.54) is 6.26 Å². The summed E-state index contributed by atoms with van der Waals surface area (Å²) in [7, 11) is -2.53. The van der Waals surface area contributed by atoms with Gasteiger partial charge in [-0.25, -0.2) is 9.19 Å². The van der Waals surface area contributed by atoms with Crippen molar-refractivity contribution < 1.29 is 4.21 Å². The van der Waals surface area contributed by atoms with E-state index < -0.39 is 14.5 Å². The topological polar surface area (TPSA) is 66.1 Å². The molecular weight excluding hydrogens is 246 g/mol. The minimum atomic E-state index is -2.53. The summed E-state index contributed by atoms with van der Waals surface area (Å²) < 4.78 is 15.4. The van der Waals surface area contributed by atoms with E-state index in [2.05, 4.69) is 9.35 Å². The van der Waals surface area contributed by atoms with Crippen molar-refractivity contribution >= 4 is 21.3 Å². The van der Waals surface area contributed by atoms with Gasteiger partial charge in [0, 0.05) is 12.5 Å². The molecule has 1 aliphatic rings. The molecule has 0 aliphatic heterocycles. The van der Waals surface area contributed by atoms with Crippen LogP contribution in [0.2, 0.25) is 5.15 Å². The third-order valence-corrected chi connectivity index (χ3v) is 5.65. The second-order valence-electron chi connectivity index (χ2n) is 3.86. The second kappa shape index (κ2) is 3.72. The SMILES string of the molecule is CS(=O)(=NC#N)C1(c2ccc(Cl)nc2)CC1. The zero-order valence-electron chi connectivity index (χ0n) is 8.68. The molecule has 0 spiro atoms. The highest BCUT2D eigenvalue weighted by Crippen LogP contribution is 2.53. The van der Waals surface area contributed by atoms with Gasteiger partial charge in [0.25, 0.3) is 0 Å². The lowest BCUT2D eigenvalue weighted by atomic mass is 10.2. The van der Waals surface area contributed by atoms with E-state index in [0.717, 1.165) is 18.4 Å². The predicted octanol–water partition coefficient (Wildman–Crippen LogP) is 2.30. The first-order chi connectivity index (χ1) is 7.52. The Morgan fingerprint density at radius 3 is 2.75 bits per heavy atom. The maximum Gasteiger partial charge on any atom is 0.214 e. The van der Waals surface area contributed by atoms with Crippen LogP contribution >= 0.6 is 11.6 Å². The van der Waals surface area contributed by atoms with Gasteiger partial charge in [-0.2, -0.15) is 5.26 Å². The highest BCUT2D eigenvalue weighted by molar-refractivity contribution is 7.94. The van der Waals surface area contributed by atoms with Crippen molar-refractivity contribution in [1.29, 1.82) is 5.26 Å². The van der Waals surface area contributed by atoms with Crippen molar-refractivity contribution in [2.75, 3.05) is 6.26 Å². The highest BCUT2D eigenvalue weighted by Gasteiger charge is 2.52. The van der Waals surface area contributed by atoms with Crippen LogP contribution in [0.25, 0.3) is 0 Å². The molecule has 1 saturated carbocycles. The third kappa shape index (κ3) is 1.68. The number of pyridine rings is 1. The Bertz CT molecular complexity index is 563. The van der Waals surface area contributed by atoms with Crippen LogP contribution in [0.5, 0.6) is 0 Å². The highest BCUT2D eigenvalue weighted by atomic mass is 35.5. The zero-order chi connectivity index (χ0) is 11.8. The van der Waals surface area contributed by atoms with E-state index >= 15 is 0 Å². The number of hydrogen-bond donors (Lipinski definition) is 0. The second-order valence-corrected chi connectivity index (χ2v) is 6.81. The van der Waals surface area contributed by atoms with Crippen molar-refractivity contribution in [2.45, 2.75) is 17.6 Å². The molecule has 1 aliphatic carbocycles. The summed E-state index contributed by atoms with van der Waals surface area (Å²) in [4.78, 5) is 3.97. The van der Waals surface area contributed by atoms with E-state index in [9.17, 15) is 4.21 Å². The van der Waals surface area contributed by atoms with E-state index in [1.807, 2.05) is 0 Å². The van der Waals surface area contributed by atoms with Gasteiger partial charge in [0.15, 0.2) is 0 Å². The monoisotopic (exact) mass is 255 g/mol. The van der Waals surface area contributed by atoms with E-state index in [0.29, 0.717) is 5.15 Å². The molecule has 4 nitrogen and oxygen atoms in total. The molecule has 0 bridgehead atoms. The number of halogens is 1. The van der Waals surface area contributed by atoms with E-state index in [4.69, 9.17) is 16.9 Å². The Morgan fingerprint density at radius 2 is 2.31 bits per heavy atom. The summed E-state index contributed by atoms with van der Waals surface area (Å²) in [6.45, 7) is 0. The maximum atomic E-state index is 12.3. The van der Waals surface area contributed by atoms with Gasteiger partial charge >= 0.3 is 0 Å². The fourth-order valence-corrected chi connectivity index (χ4v) is 3.67. The van der Waals surface area contributed by atoms with Gasteiger partial charge in [-0.3, -0.25) is 0 Å². The van der Waals surface area contributed by atoms with Crippen LogP contribution in [0.15, 0.2) is 22.7 Å².